The van der Waals surface area contributed by atoms with Crippen molar-refractivity contribution in [2.75, 3.05) is 32.8 Å². The normalized spacial score (nSPS) is 19.2. The third-order valence-corrected chi connectivity index (χ3v) is 7.14. The number of pyridine rings is 1. The van der Waals surface area contributed by atoms with E-state index in [9.17, 15) is 9.59 Å². The lowest BCUT2D eigenvalue weighted by Gasteiger charge is -2.42. The van der Waals surface area contributed by atoms with Crippen LogP contribution in [-0.4, -0.2) is 77.3 Å². The van der Waals surface area contributed by atoms with Crippen LogP contribution in [0.15, 0.2) is 18.5 Å². The van der Waals surface area contributed by atoms with Crippen molar-refractivity contribution >= 4 is 12.0 Å². The summed E-state index contributed by atoms with van der Waals surface area (Å²) in [4.78, 5) is 34.4. The van der Waals surface area contributed by atoms with Crippen LogP contribution in [0.4, 0.5) is 4.79 Å². The highest BCUT2D eigenvalue weighted by molar-refractivity contribution is 5.79. The zero-order valence-electron chi connectivity index (χ0n) is 22.2. The van der Waals surface area contributed by atoms with Gasteiger partial charge in [-0.05, 0) is 83.9 Å². The van der Waals surface area contributed by atoms with Crippen molar-refractivity contribution < 1.29 is 19.1 Å². The number of aromatic nitrogens is 1. The lowest BCUT2D eigenvalue weighted by atomic mass is 9.94. The van der Waals surface area contributed by atoms with Crippen LogP contribution >= 0.6 is 0 Å². The number of rotatable bonds is 8. The zero-order valence-corrected chi connectivity index (χ0v) is 22.2. The van der Waals surface area contributed by atoms with Gasteiger partial charge in [-0.3, -0.25) is 9.78 Å². The van der Waals surface area contributed by atoms with Gasteiger partial charge in [-0.2, -0.15) is 0 Å². The molecule has 1 aromatic heterocycles. The number of likely N-dealkylation sites (tertiary alicyclic amines) is 1. The fourth-order valence-corrected chi connectivity index (χ4v) is 4.93. The second-order valence-corrected chi connectivity index (χ2v) is 11.0. The molecule has 0 aromatic carbocycles. The molecule has 0 saturated carbocycles. The molecule has 2 aliphatic heterocycles. The van der Waals surface area contributed by atoms with Crippen LogP contribution in [0, 0.1) is 12.8 Å². The maximum absolute atomic E-state index is 13.6. The van der Waals surface area contributed by atoms with Crippen molar-refractivity contribution in [3.8, 4) is 0 Å². The van der Waals surface area contributed by atoms with Crippen LogP contribution in [0.5, 0.6) is 0 Å². The van der Waals surface area contributed by atoms with E-state index in [0.717, 1.165) is 50.8 Å². The van der Waals surface area contributed by atoms with Gasteiger partial charge in [0.25, 0.3) is 0 Å². The minimum Gasteiger partial charge on any atom is -0.444 e. The molecule has 0 radical (unpaired) electrons. The van der Waals surface area contributed by atoms with Gasteiger partial charge < -0.3 is 24.6 Å². The van der Waals surface area contributed by atoms with Crippen molar-refractivity contribution in [3.05, 3.63) is 29.6 Å². The number of hydrogen-bond donors (Lipinski definition) is 1. The van der Waals surface area contributed by atoms with Crippen molar-refractivity contribution in [1.29, 1.82) is 0 Å². The molecule has 35 heavy (non-hydrogen) atoms. The van der Waals surface area contributed by atoms with Gasteiger partial charge in [0.15, 0.2) is 0 Å². The smallest absolute Gasteiger partial charge is 0.407 e. The molecular formula is C27H44N4O4. The van der Waals surface area contributed by atoms with Gasteiger partial charge in [-0.1, -0.05) is 0 Å². The SMILES string of the molecule is Cc1ccncc1CN(C(=O)C1CCOCC1)C1CCN([C@H](C)CCNC(=O)OC(C)(C)C)CC1. The second kappa shape index (κ2) is 12.7. The molecule has 1 atom stereocenters. The molecule has 2 amide bonds. The summed E-state index contributed by atoms with van der Waals surface area (Å²) in [5.74, 6) is 0.321. The Hall–Kier alpha value is -2.19. The summed E-state index contributed by atoms with van der Waals surface area (Å²) in [5.41, 5.74) is 1.81. The molecule has 2 saturated heterocycles. The van der Waals surface area contributed by atoms with E-state index in [0.29, 0.717) is 32.3 Å². The van der Waals surface area contributed by atoms with Gasteiger partial charge in [0, 0.05) is 69.8 Å². The molecule has 2 fully saturated rings. The maximum atomic E-state index is 13.6. The van der Waals surface area contributed by atoms with Crippen LogP contribution in [0.25, 0.3) is 0 Å². The predicted molar refractivity (Wildman–Crippen MR) is 136 cm³/mol. The molecule has 1 N–H and O–H groups in total. The average Bonchev–Trinajstić information content (AvgIpc) is 2.82. The van der Waals surface area contributed by atoms with Crippen molar-refractivity contribution in [3.63, 3.8) is 0 Å². The van der Waals surface area contributed by atoms with Crippen LogP contribution in [0.1, 0.15) is 70.9 Å². The third kappa shape index (κ3) is 8.46. The Kier molecular flexibility index (Phi) is 9.92. The van der Waals surface area contributed by atoms with Gasteiger partial charge in [0.05, 0.1) is 0 Å². The lowest BCUT2D eigenvalue weighted by Crippen LogP contribution is -2.51. The number of hydrogen-bond acceptors (Lipinski definition) is 6. The Balaban J connectivity index is 1.55. The van der Waals surface area contributed by atoms with Crippen molar-refractivity contribution in [2.24, 2.45) is 5.92 Å². The monoisotopic (exact) mass is 488 g/mol. The highest BCUT2D eigenvalue weighted by Crippen LogP contribution is 2.26. The summed E-state index contributed by atoms with van der Waals surface area (Å²) in [7, 11) is 0. The average molecular weight is 489 g/mol. The third-order valence-electron chi connectivity index (χ3n) is 7.14. The number of ether oxygens (including phenoxy) is 2. The Morgan fingerprint density at radius 2 is 1.91 bits per heavy atom. The lowest BCUT2D eigenvalue weighted by molar-refractivity contribution is -0.143. The Morgan fingerprint density at radius 3 is 2.54 bits per heavy atom. The van der Waals surface area contributed by atoms with Gasteiger partial charge in [0.1, 0.15) is 5.60 Å². The van der Waals surface area contributed by atoms with Crippen LogP contribution in [0.3, 0.4) is 0 Å². The number of aryl methyl sites for hydroxylation is 1. The number of carbonyl (C=O) groups excluding carboxylic acids is 2. The first-order valence-electron chi connectivity index (χ1n) is 13.1. The molecule has 196 valence electrons. The Bertz CT molecular complexity index is 827. The van der Waals surface area contributed by atoms with Crippen LogP contribution in [-0.2, 0) is 20.8 Å². The minimum atomic E-state index is -0.486. The minimum absolute atomic E-state index is 0.0524. The van der Waals surface area contributed by atoms with Crippen LogP contribution in [0.2, 0.25) is 0 Å². The first kappa shape index (κ1) is 27.4. The number of carbonyl (C=O) groups is 2. The van der Waals surface area contributed by atoms with E-state index in [2.05, 4.69) is 33.9 Å². The van der Waals surface area contributed by atoms with Gasteiger partial charge in [-0.25, -0.2) is 4.79 Å². The Morgan fingerprint density at radius 1 is 1.23 bits per heavy atom. The summed E-state index contributed by atoms with van der Waals surface area (Å²) < 4.78 is 10.8. The Labute approximate surface area is 210 Å². The summed E-state index contributed by atoms with van der Waals surface area (Å²) in [6.45, 7) is 14.3. The fourth-order valence-electron chi connectivity index (χ4n) is 4.93. The van der Waals surface area contributed by atoms with E-state index in [1.165, 1.54) is 5.56 Å². The highest BCUT2D eigenvalue weighted by atomic mass is 16.6. The number of nitrogens with zero attached hydrogens (tertiary/aromatic N) is 3. The first-order chi connectivity index (χ1) is 16.6. The molecule has 2 aliphatic rings. The van der Waals surface area contributed by atoms with Crippen molar-refractivity contribution in [2.45, 2.75) is 91.0 Å². The summed E-state index contributed by atoms with van der Waals surface area (Å²) in [6.07, 6.45) is 7.73. The summed E-state index contributed by atoms with van der Waals surface area (Å²) >= 11 is 0. The largest absolute Gasteiger partial charge is 0.444 e. The summed E-state index contributed by atoms with van der Waals surface area (Å²) in [5, 5.41) is 2.86. The predicted octanol–water partition coefficient (Wildman–Crippen LogP) is 3.91. The number of nitrogens with one attached hydrogen (secondary N) is 1. The van der Waals surface area contributed by atoms with Crippen molar-refractivity contribution in [1.82, 2.24) is 20.1 Å². The van der Waals surface area contributed by atoms with Gasteiger partial charge in [-0.15, -0.1) is 0 Å². The molecule has 8 nitrogen and oxygen atoms in total. The molecular weight excluding hydrogens is 444 g/mol. The molecule has 3 heterocycles. The zero-order chi connectivity index (χ0) is 25.4. The summed E-state index contributed by atoms with van der Waals surface area (Å²) in [6, 6.07) is 2.60. The first-order valence-corrected chi connectivity index (χ1v) is 13.1. The molecule has 1 aromatic rings. The standard InChI is InChI=1S/C27H44N4O4/c1-20-6-12-28-18-23(20)19-31(25(32)22-10-16-34-17-11-22)24-8-14-30(15-9-24)21(2)7-13-29-26(33)35-27(3,4)5/h6,12,18,21-22,24H,7-11,13-17,19H2,1-5H3,(H,29,33)/t21-/m1/s1. The van der Waals surface area contributed by atoms with E-state index in [4.69, 9.17) is 9.47 Å². The van der Waals surface area contributed by atoms with E-state index >= 15 is 0 Å². The highest BCUT2D eigenvalue weighted by Gasteiger charge is 2.34. The molecule has 0 unspecified atom stereocenters. The van der Waals surface area contributed by atoms with Gasteiger partial charge in [0.2, 0.25) is 5.91 Å². The number of amides is 2. The number of piperidine rings is 1. The molecule has 3 rings (SSSR count). The van der Waals surface area contributed by atoms with Crippen LogP contribution < -0.4 is 5.32 Å². The molecule has 0 aliphatic carbocycles. The number of alkyl carbamates (subject to hydrolysis) is 1. The topological polar surface area (TPSA) is 84.0 Å². The molecule has 0 spiro atoms. The fraction of sp³-hybridized carbons (Fsp3) is 0.741. The van der Waals surface area contributed by atoms with E-state index < -0.39 is 5.60 Å². The van der Waals surface area contributed by atoms with E-state index in [1.807, 2.05) is 33.0 Å². The van der Waals surface area contributed by atoms with E-state index in [-0.39, 0.29) is 24.0 Å². The second-order valence-electron chi connectivity index (χ2n) is 11.0. The maximum Gasteiger partial charge on any atom is 0.407 e. The van der Waals surface area contributed by atoms with E-state index in [1.54, 1.807) is 6.20 Å². The molecule has 0 bridgehead atoms. The molecule has 8 heteroatoms. The van der Waals surface area contributed by atoms with Gasteiger partial charge >= 0.3 is 6.09 Å². The quantitative estimate of drug-likeness (QED) is 0.597.